The fourth-order valence-electron chi connectivity index (χ4n) is 9.26. The smallest absolute Gasteiger partial charge is 0.246 e. The molecule has 4 aliphatic rings. The van der Waals surface area contributed by atoms with E-state index in [-0.39, 0.29) is 64.4 Å². The molecule has 0 spiro atoms. The van der Waals surface area contributed by atoms with Crippen molar-refractivity contribution < 1.29 is 35.9 Å². The lowest BCUT2D eigenvalue weighted by Crippen LogP contribution is -2.46. The second kappa shape index (κ2) is 19.7. The second-order valence-corrected chi connectivity index (χ2v) is 20.3. The topological polar surface area (TPSA) is 134 Å². The molecular formula is C46H55ClN4O8S2. The maximum Gasteiger partial charge on any atom is 0.246 e. The number of likely N-dealkylation sites (tertiary alicyclic amines) is 2. The van der Waals surface area contributed by atoms with Crippen molar-refractivity contribution in [3.8, 4) is 11.5 Å². The van der Waals surface area contributed by atoms with Crippen molar-refractivity contribution in [3.05, 3.63) is 119 Å². The van der Waals surface area contributed by atoms with Crippen LogP contribution in [0.15, 0.2) is 113 Å². The van der Waals surface area contributed by atoms with Crippen LogP contribution in [0, 0.1) is 11.8 Å². The van der Waals surface area contributed by atoms with Gasteiger partial charge in [0.05, 0.1) is 38.1 Å². The molecule has 0 aliphatic carbocycles. The molecule has 4 aromatic carbocycles. The van der Waals surface area contributed by atoms with Crippen molar-refractivity contribution in [1.82, 2.24) is 18.4 Å². The molecule has 0 bridgehead atoms. The van der Waals surface area contributed by atoms with E-state index >= 15 is 0 Å². The molecule has 61 heavy (non-hydrogen) atoms. The third-order valence-corrected chi connectivity index (χ3v) is 16.4. The number of amides is 2. The van der Waals surface area contributed by atoms with Gasteiger partial charge in [0.15, 0.2) is 0 Å². The molecule has 4 aliphatic heterocycles. The number of benzene rings is 4. The first-order valence-electron chi connectivity index (χ1n) is 21.1. The summed E-state index contributed by atoms with van der Waals surface area (Å²) in [4.78, 5) is 30.9. The predicted octanol–water partition coefficient (Wildman–Crippen LogP) is 7.57. The maximum absolute atomic E-state index is 13.4. The largest absolute Gasteiger partial charge is 0.495 e. The zero-order valence-corrected chi connectivity index (χ0v) is 37.2. The number of halogens is 1. The third kappa shape index (κ3) is 9.78. The predicted molar refractivity (Wildman–Crippen MR) is 234 cm³/mol. The molecule has 4 fully saturated rings. The third-order valence-electron chi connectivity index (χ3n) is 12.3. The van der Waals surface area contributed by atoms with E-state index in [2.05, 4.69) is 24.3 Å². The van der Waals surface area contributed by atoms with Crippen molar-refractivity contribution in [2.24, 2.45) is 11.8 Å². The van der Waals surface area contributed by atoms with Crippen LogP contribution in [0.25, 0.3) is 0 Å². The van der Waals surface area contributed by atoms with Gasteiger partial charge in [-0.15, -0.1) is 0 Å². The van der Waals surface area contributed by atoms with E-state index < -0.39 is 20.0 Å². The van der Waals surface area contributed by atoms with Crippen molar-refractivity contribution in [3.63, 3.8) is 0 Å². The highest BCUT2D eigenvalue weighted by molar-refractivity contribution is 7.89. The van der Waals surface area contributed by atoms with E-state index in [0.717, 1.165) is 49.8 Å². The van der Waals surface area contributed by atoms with Crippen molar-refractivity contribution >= 4 is 43.5 Å². The van der Waals surface area contributed by atoms with E-state index in [1.54, 1.807) is 36.4 Å². The number of hydrogen-bond donors (Lipinski definition) is 0. The molecule has 12 nitrogen and oxygen atoms in total. The fourth-order valence-corrected chi connectivity index (χ4v) is 12.9. The highest BCUT2D eigenvalue weighted by atomic mass is 35.5. The average molecular weight is 892 g/mol. The average Bonchev–Trinajstić information content (AvgIpc) is 4.01. The highest BCUT2D eigenvalue weighted by Crippen LogP contribution is 2.38. The molecule has 4 aromatic rings. The summed E-state index contributed by atoms with van der Waals surface area (Å²) in [5.41, 5.74) is 2.29. The van der Waals surface area contributed by atoms with Crippen LogP contribution >= 0.6 is 11.6 Å². The molecule has 4 atom stereocenters. The summed E-state index contributed by atoms with van der Waals surface area (Å²) >= 11 is 6.06. The van der Waals surface area contributed by atoms with Gasteiger partial charge in [-0.1, -0.05) is 84.4 Å². The van der Waals surface area contributed by atoms with Crippen LogP contribution in [0.1, 0.15) is 74.6 Å². The summed E-state index contributed by atoms with van der Waals surface area (Å²) in [5.74, 6) is 0.0346. The Kier molecular flexibility index (Phi) is 14.4. The molecule has 4 heterocycles. The number of carbonyl (C=O) groups excluding carboxylic acids is 2. The number of ether oxygens (including phenoxy) is 2. The first kappa shape index (κ1) is 44.6. The standard InChI is InChI=1S/C23H27ClN2O4S.C23H28N2O4S/c1-30-21-12-11-19(24)15-22(21)31(28,29)25-13-5-9-18(16-25)23(27)26-14-6-10-20(26)17-7-3-2-4-8-17;1-29-21-13-5-6-14-22(21)30(27,28)24-15-7-11-19(17-24)23(26)25-16-8-12-20(25)18-9-3-2-4-10-18/h2-4,7-8,11-12,15,18,20H,5-6,9-10,13-14,16H2,1H3;2-6,9-10,13-14,19-20H,7-8,11-12,15-17H2,1H3. The van der Waals surface area contributed by atoms with Gasteiger partial charge in [-0.2, -0.15) is 8.61 Å². The summed E-state index contributed by atoms with van der Waals surface area (Å²) in [6.07, 6.45) is 6.54. The second-order valence-electron chi connectivity index (χ2n) is 16.1. The van der Waals surface area contributed by atoms with Crippen LogP contribution in [-0.2, 0) is 29.6 Å². The Labute approximate surface area is 365 Å². The summed E-state index contributed by atoms with van der Waals surface area (Å²) in [6.45, 7) is 2.64. The molecule has 0 saturated carbocycles. The Morgan fingerprint density at radius 3 is 1.46 bits per heavy atom. The Bertz CT molecular complexity index is 2370. The molecule has 0 radical (unpaired) electrons. The van der Waals surface area contributed by atoms with Gasteiger partial charge in [0.1, 0.15) is 21.3 Å². The quantitative estimate of drug-likeness (QED) is 0.159. The number of para-hydroxylation sites is 1. The van der Waals surface area contributed by atoms with Gasteiger partial charge >= 0.3 is 0 Å². The molecular weight excluding hydrogens is 836 g/mol. The SMILES string of the molecule is COc1ccc(Cl)cc1S(=O)(=O)N1CCCC(C(=O)N2CCCC2c2ccccc2)C1.COc1ccccc1S(=O)(=O)N1CCCC(C(=O)N2CCCC2c2ccccc2)C1. The summed E-state index contributed by atoms with van der Waals surface area (Å²) < 4.78 is 66.6. The fraction of sp³-hybridized carbons (Fsp3) is 0.435. The monoisotopic (exact) mass is 890 g/mol. The molecule has 8 rings (SSSR count). The molecule has 2 amide bonds. The number of rotatable bonds is 10. The lowest BCUT2D eigenvalue weighted by molar-refractivity contribution is -0.138. The lowest BCUT2D eigenvalue weighted by atomic mass is 9.96. The van der Waals surface area contributed by atoms with Crippen LogP contribution in [0.5, 0.6) is 11.5 Å². The molecule has 0 N–H and O–H groups in total. The first-order chi connectivity index (χ1) is 29.4. The lowest BCUT2D eigenvalue weighted by Gasteiger charge is -2.35. The number of hydrogen-bond acceptors (Lipinski definition) is 8. The molecule has 15 heteroatoms. The Morgan fingerprint density at radius 1 is 0.541 bits per heavy atom. The minimum atomic E-state index is -3.83. The Balaban J connectivity index is 0.000000184. The van der Waals surface area contributed by atoms with Gasteiger partial charge in [-0.05, 0) is 92.8 Å². The van der Waals surface area contributed by atoms with Gasteiger partial charge in [0, 0.05) is 44.3 Å². The number of sulfonamides is 2. The van der Waals surface area contributed by atoms with E-state index in [0.29, 0.717) is 49.7 Å². The Morgan fingerprint density at radius 2 is 0.967 bits per heavy atom. The molecule has 4 unspecified atom stereocenters. The maximum atomic E-state index is 13.4. The van der Waals surface area contributed by atoms with Crippen LogP contribution in [0.3, 0.4) is 0 Å². The van der Waals surface area contributed by atoms with E-state index in [1.807, 2.05) is 46.2 Å². The summed E-state index contributed by atoms with van der Waals surface area (Å²) in [5, 5.41) is 0.326. The van der Waals surface area contributed by atoms with Crippen molar-refractivity contribution in [1.29, 1.82) is 0 Å². The minimum Gasteiger partial charge on any atom is -0.495 e. The molecule has 0 aromatic heterocycles. The van der Waals surface area contributed by atoms with E-state index in [4.69, 9.17) is 21.1 Å². The van der Waals surface area contributed by atoms with Gasteiger partial charge in [0.25, 0.3) is 0 Å². The Hall–Kier alpha value is -4.47. The van der Waals surface area contributed by atoms with Crippen LogP contribution < -0.4 is 9.47 Å². The summed E-state index contributed by atoms with van der Waals surface area (Å²) in [6, 6.07) is 31.5. The number of methoxy groups -OCH3 is 2. The van der Waals surface area contributed by atoms with Crippen LogP contribution in [0.2, 0.25) is 5.02 Å². The molecule has 4 saturated heterocycles. The van der Waals surface area contributed by atoms with Gasteiger partial charge in [-0.3, -0.25) is 9.59 Å². The highest BCUT2D eigenvalue weighted by Gasteiger charge is 2.41. The number of nitrogens with zero attached hydrogens (tertiary/aromatic N) is 4. The van der Waals surface area contributed by atoms with Crippen LogP contribution in [0.4, 0.5) is 0 Å². The van der Waals surface area contributed by atoms with Crippen molar-refractivity contribution in [2.45, 2.75) is 73.2 Å². The number of carbonyl (C=O) groups is 2. The zero-order chi connectivity index (χ0) is 43.1. The number of piperidine rings is 2. The normalized spacial score (nSPS) is 22.6. The minimum absolute atomic E-state index is 0.0407. The van der Waals surface area contributed by atoms with Gasteiger partial charge in [0.2, 0.25) is 31.9 Å². The van der Waals surface area contributed by atoms with Crippen molar-refractivity contribution in [2.75, 3.05) is 53.5 Å². The molecule has 326 valence electrons. The van der Waals surface area contributed by atoms with Gasteiger partial charge in [-0.25, -0.2) is 16.8 Å². The zero-order valence-electron chi connectivity index (χ0n) is 34.8. The van der Waals surface area contributed by atoms with E-state index in [9.17, 15) is 26.4 Å². The van der Waals surface area contributed by atoms with Gasteiger partial charge < -0.3 is 19.3 Å². The van der Waals surface area contributed by atoms with Crippen LogP contribution in [-0.4, -0.2) is 101 Å². The summed E-state index contributed by atoms with van der Waals surface area (Å²) in [7, 11) is -4.65. The first-order valence-corrected chi connectivity index (χ1v) is 24.4. The van der Waals surface area contributed by atoms with E-state index in [1.165, 1.54) is 28.9 Å².